The molecule has 0 bridgehead atoms. The molecule has 8 nitrogen and oxygen atoms in total. The fraction of sp³-hybridized carbons (Fsp3) is 0.882. The van der Waals surface area contributed by atoms with Gasteiger partial charge in [-0.05, 0) is 80.5 Å². The van der Waals surface area contributed by atoms with Gasteiger partial charge in [-0.25, -0.2) is 0 Å². The van der Waals surface area contributed by atoms with Crippen LogP contribution in [0.3, 0.4) is 0 Å². The highest BCUT2D eigenvalue weighted by Gasteiger charge is 2.72. The minimum absolute atomic E-state index is 0.0144. The number of aliphatic hydroxyl groups excluding tert-OH is 3. The van der Waals surface area contributed by atoms with Crippen LogP contribution in [0.2, 0.25) is 0 Å². The van der Waals surface area contributed by atoms with Crippen molar-refractivity contribution in [3.8, 4) is 0 Å². The Bertz CT molecular complexity index is 1130. The minimum atomic E-state index is -0.650. The van der Waals surface area contributed by atoms with E-state index in [9.17, 15) is 24.9 Å². The number of rotatable bonds is 7. The topological polar surface area (TPSA) is 126 Å². The van der Waals surface area contributed by atoms with E-state index in [0.717, 1.165) is 19.3 Å². The fourth-order valence-electron chi connectivity index (χ4n) is 11.0. The number of hydrogen-bond acceptors (Lipinski definition) is 8. The van der Waals surface area contributed by atoms with Crippen LogP contribution in [0.15, 0.2) is 11.6 Å². The van der Waals surface area contributed by atoms with E-state index in [1.165, 1.54) is 19.4 Å². The van der Waals surface area contributed by atoms with Gasteiger partial charge in [-0.3, -0.25) is 9.59 Å². The zero-order valence-corrected chi connectivity index (χ0v) is 27.1. The van der Waals surface area contributed by atoms with Gasteiger partial charge in [-0.2, -0.15) is 0 Å². The Labute approximate surface area is 251 Å². The maximum absolute atomic E-state index is 12.6. The summed E-state index contributed by atoms with van der Waals surface area (Å²) in [6, 6.07) is 0. The molecule has 0 aromatic heterocycles. The van der Waals surface area contributed by atoms with E-state index < -0.39 is 40.7 Å². The number of hydrogen-bond donors (Lipinski definition) is 3. The molecule has 1 aliphatic heterocycles. The van der Waals surface area contributed by atoms with Gasteiger partial charge in [-0.15, -0.1) is 0 Å². The van der Waals surface area contributed by atoms with Crippen LogP contribution in [0.4, 0.5) is 0 Å². The summed E-state index contributed by atoms with van der Waals surface area (Å²) < 4.78 is 18.0. The maximum atomic E-state index is 12.6. The third-order valence-corrected chi connectivity index (χ3v) is 13.1. The zero-order valence-electron chi connectivity index (χ0n) is 27.1. The molecule has 5 rings (SSSR count). The van der Waals surface area contributed by atoms with Crippen LogP contribution in [-0.2, 0) is 23.8 Å². The van der Waals surface area contributed by atoms with Crippen molar-refractivity contribution in [2.24, 2.45) is 45.3 Å². The Kier molecular flexibility index (Phi) is 7.82. The molecule has 8 heteroatoms. The molecule has 5 aliphatic rings. The first kappa shape index (κ1) is 31.9. The number of esters is 2. The lowest BCUT2D eigenvalue weighted by Crippen LogP contribution is -2.70. The van der Waals surface area contributed by atoms with Crippen molar-refractivity contribution in [3.05, 3.63) is 11.6 Å². The third kappa shape index (κ3) is 4.60. The maximum Gasteiger partial charge on any atom is 0.302 e. The van der Waals surface area contributed by atoms with Crippen molar-refractivity contribution in [1.29, 1.82) is 0 Å². The third-order valence-electron chi connectivity index (χ3n) is 13.1. The fourth-order valence-corrected chi connectivity index (χ4v) is 11.0. The normalized spacial score (nSPS) is 46.3. The van der Waals surface area contributed by atoms with Crippen molar-refractivity contribution >= 4 is 11.9 Å². The lowest BCUT2D eigenvalue weighted by atomic mass is 9.36. The van der Waals surface area contributed by atoms with E-state index in [2.05, 4.69) is 40.7 Å². The van der Waals surface area contributed by atoms with Gasteiger partial charge in [0.25, 0.3) is 0 Å². The largest absolute Gasteiger partial charge is 0.462 e. The van der Waals surface area contributed by atoms with Crippen molar-refractivity contribution in [2.45, 2.75) is 137 Å². The standard InChI is InChI=1S/C34H54O8/c1-18(36)40-27-15-25-30(3,4)26(39)16-28(41-19(2)37)34(25,9)24-12-13-32(7)21(10-11-23(32)33(24,27)8)20(17-35)14-22(38)29-31(5,6)42-29/h11,20-22,24-29,35,38-39H,10,12-17H2,1-9H3. The molecule has 0 aromatic carbocycles. The van der Waals surface area contributed by atoms with E-state index in [4.69, 9.17) is 14.2 Å². The molecule has 12 unspecified atom stereocenters. The van der Waals surface area contributed by atoms with E-state index in [0.29, 0.717) is 19.3 Å². The zero-order chi connectivity index (χ0) is 31.2. The Balaban J connectivity index is 1.54. The van der Waals surface area contributed by atoms with Gasteiger partial charge >= 0.3 is 11.9 Å². The van der Waals surface area contributed by atoms with Crippen LogP contribution in [0.1, 0.15) is 101 Å². The molecule has 3 N–H and O–H groups in total. The smallest absolute Gasteiger partial charge is 0.302 e. The van der Waals surface area contributed by atoms with Crippen LogP contribution >= 0.6 is 0 Å². The first-order valence-electron chi connectivity index (χ1n) is 16.0. The number of fused-ring (bicyclic) bond motifs is 5. The van der Waals surface area contributed by atoms with Gasteiger partial charge in [0, 0.05) is 37.7 Å². The van der Waals surface area contributed by atoms with Crippen LogP contribution in [0.5, 0.6) is 0 Å². The van der Waals surface area contributed by atoms with Crippen LogP contribution in [0.25, 0.3) is 0 Å². The Morgan fingerprint density at radius 2 is 1.60 bits per heavy atom. The van der Waals surface area contributed by atoms with Gasteiger partial charge in [0.1, 0.15) is 18.3 Å². The number of epoxide rings is 1. The number of carbonyl (C=O) groups excluding carboxylic acids is 2. The predicted octanol–water partition coefficient (Wildman–Crippen LogP) is 4.57. The SMILES string of the molecule is CC(=O)OC1CC2C(C)(C)C(O)CC(OC(C)=O)C2(C)C2CCC3(C)C(=CCC3C(CO)CC(O)C3OC3(C)C)C12C. The molecule has 4 fully saturated rings. The molecular formula is C34H54O8. The molecule has 12 atom stereocenters. The lowest BCUT2D eigenvalue weighted by molar-refractivity contribution is -0.259. The molecule has 42 heavy (non-hydrogen) atoms. The van der Waals surface area contributed by atoms with Crippen LogP contribution in [-0.4, -0.2) is 70.0 Å². The summed E-state index contributed by atoms with van der Waals surface area (Å²) in [5.74, 6) is -0.630. The van der Waals surface area contributed by atoms with Crippen molar-refractivity contribution < 1.29 is 39.1 Å². The average molecular weight is 591 g/mol. The Morgan fingerprint density at radius 1 is 1.00 bits per heavy atom. The number of ether oxygens (including phenoxy) is 3. The Morgan fingerprint density at radius 3 is 2.14 bits per heavy atom. The number of aliphatic hydroxyl groups is 3. The summed E-state index contributed by atoms with van der Waals surface area (Å²) in [4.78, 5) is 25.0. The van der Waals surface area contributed by atoms with Gasteiger partial charge < -0.3 is 29.5 Å². The summed E-state index contributed by atoms with van der Waals surface area (Å²) in [5, 5.41) is 32.9. The van der Waals surface area contributed by atoms with E-state index in [-0.39, 0.29) is 59.3 Å². The van der Waals surface area contributed by atoms with Gasteiger partial charge in [0.2, 0.25) is 0 Å². The molecular weight excluding hydrogens is 536 g/mol. The van der Waals surface area contributed by atoms with Gasteiger partial charge in [0.05, 0.1) is 17.8 Å². The van der Waals surface area contributed by atoms with Gasteiger partial charge in [0.15, 0.2) is 0 Å². The first-order valence-corrected chi connectivity index (χ1v) is 16.0. The van der Waals surface area contributed by atoms with E-state index in [1.54, 1.807) is 0 Å². The van der Waals surface area contributed by atoms with Crippen molar-refractivity contribution in [1.82, 2.24) is 0 Å². The molecule has 1 heterocycles. The molecule has 4 aliphatic carbocycles. The molecule has 0 aromatic rings. The summed E-state index contributed by atoms with van der Waals surface area (Å²) >= 11 is 0. The number of carbonyl (C=O) groups is 2. The average Bonchev–Trinajstić information content (AvgIpc) is 3.37. The van der Waals surface area contributed by atoms with Crippen LogP contribution < -0.4 is 0 Å². The highest BCUT2D eigenvalue weighted by molar-refractivity contribution is 5.67. The van der Waals surface area contributed by atoms with Crippen molar-refractivity contribution in [2.75, 3.05) is 6.61 Å². The predicted molar refractivity (Wildman–Crippen MR) is 157 cm³/mol. The van der Waals surface area contributed by atoms with E-state index in [1.807, 2.05) is 13.8 Å². The molecule has 0 amide bonds. The van der Waals surface area contributed by atoms with Crippen molar-refractivity contribution in [3.63, 3.8) is 0 Å². The Hall–Kier alpha value is -1.48. The summed E-state index contributed by atoms with van der Waals surface area (Å²) in [6.45, 7) is 17.8. The summed E-state index contributed by atoms with van der Waals surface area (Å²) in [6.07, 6.45) is 3.91. The molecule has 3 saturated carbocycles. The molecule has 0 spiro atoms. The monoisotopic (exact) mass is 590 g/mol. The number of allylic oxidation sites excluding steroid dienone is 1. The second-order valence-electron chi connectivity index (χ2n) is 16.1. The second kappa shape index (κ2) is 10.3. The lowest BCUT2D eigenvalue weighted by Gasteiger charge is -2.70. The highest BCUT2D eigenvalue weighted by atomic mass is 16.6. The second-order valence-corrected chi connectivity index (χ2v) is 16.1. The van der Waals surface area contributed by atoms with Crippen LogP contribution in [0, 0.1) is 45.3 Å². The molecule has 0 radical (unpaired) electrons. The quantitative estimate of drug-likeness (QED) is 0.224. The summed E-state index contributed by atoms with van der Waals surface area (Å²) in [7, 11) is 0. The molecule has 1 saturated heterocycles. The minimum Gasteiger partial charge on any atom is -0.462 e. The van der Waals surface area contributed by atoms with Gasteiger partial charge in [-0.1, -0.05) is 46.3 Å². The first-order chi connectivity index (χ1) is 19.3. The highest BCUT2D eigenvalue weighted by Crippen LogP contribution is 2.74. The van der Waals surface area contributed by atoms with E-state index >= 15 is 0 Å². The summed E-state index contributed by atoms with van der Waals surface area (Å²) in [5.41, 5.74) is -0.741. The molecule has 238 valence electrons.